The van der Waals surface area contributed by atoms with Crippen molar-refractivity contribution in [3.63, 3.8) is 0 Å². The molecule has 1 radical (unpaired) electrons. The average Bonchev–Trinajstić information content (AvgIpc) is 3.52. The smallest absolute Gasteiger partial charge is 0.260 e. The van der Waals surface area contributed by atoms with Crippen molar-refractivity contribution in [1.82, 2.24) is 4.98 Å². The molecule has 0 fully saturated rings. The van der Waals surface area contributed by atoms with Crippen molar-refractivity contribution in [1.29, 1.82) is 0 Å². The fourth-order valence-electron chi connectivity index (χ4n) is 4.69. The summed E-state index contributed by atoms with van der Waals surface area (Å²) < 4.78 is 16.7. The lowest BCUT2D eigenvalue weighted by atomic mass is 9.72. The van der Waals surface area contributed by atoms with Crippen LogP contribution in [0.15, 0.2) is 24.3 Å². The van der Waals surface area contributed by atoms with E-state index in [0.717, 1.165) is 33.6 Å². The fraction of sp³-hybridized carbons (Fsp3) is 0.483. The maximum absolute atomic E-state index is 13.1. The van der Waals surface area contributed by atoms with Crippen molar-refractivity contribution in [3.8, 4) is 11.5 Å². The highest BCUT2D eigenvalue weighted by Crippen LogP contribution is 2.33. The van der Waals surface area contributed by atoms with E-state index in [-0.39, 0.29) is 5.56 Å². The summed E-state index contributed by atoms with van der Waals surface area (Å²) in [5, 5.41) is 3.62. The first-order chi connectivity index (χ1) is 18.6. The summed E-state index contributed by atoms with van der Waals surface area (Å²) in [5.74, 6) is 2.37. The van der Waals surface area contributed by atoms with Crippen LogP contribution in [0.1, 0.15) is 66.3 Å². The highest BCUT2D eigenvalue weighted by atomic mass is 32.1. The third kappa shape index (κ3) is 7.51. The van der Waals surface area contributed by atoms with E-state index in [1.807, 2.05) is 20.3 Å². The minimum absolute atomic E-state index is 0.218. The van der Waals surface area contributed by atoms with Crippen LogP contribution >= 0.6 is 11.3 Å². The Hall–Kier alpha value is -3.11. The molecule has 0 bridgehead atoms. The molecule has 0 spiro atoms. The predicted molar refractivity (Wildman–Crippen MR) is 159 cm³/mol. The lowest BCUT2D eigenvalue weighted by Crippen LogP contribution is -2.22. The Morgan fingerprint density at radius 3 is 2.59 bits per heavy atom. The number of carbonyl (C=O) groups excluding carboxylic acids is 2. The van der Waals surface area contributed by atoms with Gasteiger partial charge in [-0.25, -0.2) is 4.98 Å². The quantitative estimate of drug-likeness (QED) is 0.343. The molecule has 0 aliphatic carbocycles. The van der Waals surface area contributed by atoms with Crippen LogP contribution in [-0.2, 0) is 4.74 Å². The second-order valence-corrected chi connectivity index (χ2v) is 11.4. The van der Waals surface area contributed by atoms with Gasteiger partial charge in [0.25, 0.3) is 11.8 Å². The number of thiazole rings is 1. The summed E-state index contributed by atoms with van der Waals surface area (Å²) in [4.78, 5) is 29.4. The van der Waals surface area contributed by atoms with E-state index >= 15 is 0 Å². The van der Waals surface area contributed by atoms with Gasteiger partial charge in [-0.2, -0.15) is 0 Å². The van der Waals surface area contributed by atoms with Gasteiger partial charge in [0, 0.05) is 19.8 Å². The first-order valence-corrected chi connectivity index (χ1v) is 14.1. The number of nitrogens with one attached hydrogen (secondary N) is 1. The van der Waals surface area contributed by atoms with Crippen LogP contribution in [0, 0.1) is 24.7 Å². The molecule has 3 unspecified atom stereocenters. The van der Waals surface area contributed by atoms with Crippen molar-refractivity contribution in [2.45, 2.75) is 47.5 Å². The molecular formula is C29H39BN3O5S. The molecular weight excluding hydrogens is 513 g/mol. The zero-order chi connectivity index (χ0) is 28.7. The van der Waals surface area contributed by atoms with Gasteiger partial charge in [0.15, 0.2) is 0 Å². The number of nitrogens with two attached hydrogens (primary N) is 1. The normalized spacial score (nSPS) is 14.2. The molecule has 1 aliphatic rings. The molecule has 2 amide bonds. The van der Waals surface area contributed by atoms with E-state index < -0.39 is 11.8 Å². The number of methoxy groups -OCH3 is 2. The topological polar surface area (TPSA) is 113 Å². The van der Waals surface area contributed by atoms with Gasteiger partial charge in [-0.3, -0.25) is 9.59 Å². The van der Waals surface area contributed by atoms with Crippen LogP contribution in [0.5, 0.6) is 11.5 Å². The van der Waals surface area contributed by atoms with Gasteiger partial charge < -0.3 is 25.3 Å². The van der Waals surface area contributed by atoms with E-state index in [4.69, 9.17) is 19.9 Å². The van der Waals surface area contributed by atoms with Crippen molar-refractivity contribution in [2.75, 3.05) is 32.6 Å². The number of benzene rings is 2. The number of fused-ring (bicyclic) bond motifs is 2. The molecule has 2 aromatic carbocycles. The van der Waals surface area contributed by atoms with Crippen LogP contribution in [0.3, 0.4) is 0 Å². The molecule has 1 aromatic heterocycles. The number of rotatable bonds is 10. The molecule has 3 aromatic rings. The first kappa shape index (κ1) is 30.4. The standard InChI is InChI=1S/C18H15BN3O4S.C11H24O/c1-8-21-11-3-4-13(25-2)15(16(11)27-8)18(24)22-12-6-14-10(19-7-26-14)5-9(12)17(20)23;1-6-10(3)11(4)7-9(2)8-12-5/h3-6H,7H2,1-2H3,(H2,20,23)(H,22,24);9-11H,6-8H2,1-5H3. The molecule has 3 atom stereocenters. The van der Waals surface area contributed by atoms with Gasteiger partial charge >= 0.3 is 0 Å². The minimum atomic E-state index is -0.632. The van der Waals surface area contributed by atoms with Crippen LogP contribution in [0.25, 0.3) is 10.2 Å². The van der Waals surface area contributed by atoms with Crippen molar-refractivity contribution in [3.05, 3.63) is 40.4 Å². The highest BCUT2D eigenvalue weighted by molar-refractivity contribution is 7.19. The number of primary amides is 1. The fourth-order valence-corrected chi connectivity index (χ4v) is 5.64. The minimum Gasteiger partial charge on any atom is -0.503 e. The number of carbonyl (C=O) groups is 2. The number of hydrogen-bond acceptors (Lipinski definition) is 7. The molecule has 209 valence electrons. The van der Waals surface area contributed by atoms with E-state index in [9.17, 15) is 9.59 Å². The molecule has 4 rings (SSSR count). The number of amides is 2. The number of aromatic nitrogens is 1. The zero-order valence-corrected chi connectivity index (χ0v) is 24.7. The second-order valence-electron chi connectivity index (χ2n) is 10.2. The van der Waals surface area contributed by atoms with E-state index in [2.05, 4.69) is 38.0 Å². The molecule has 10 heteroatoms. The van der Waals surface area contributed by atoms with Gasteiger partial charge in [0.1, 0.15) is 17.1 Å². The Morgan fingerprint density at radius 1 is 1.21 bits per heavy atom. The van der Waals surface area contributed by atoms with E-state index in [1.165, 1.54) is 31.3 Å². The Kier molecular flexibility index (Phi) is 10.8. The molecule has 0 saturated carbocycles. The SMILES string of the molecule is CCC(C)C(C)CC(C)COC.COc1ccc2nc(C)sc2c1C(=O)Nc1cc2c(cc1C(N)=O)[B]CO2. The molecule has 3 N–H and O–H groups in total. The van der Waals surface area contributed by atoms with Crippen molar-refractivity contribution in [2.24, 2.45) is 23.5 Å². The summed E-state index contributed by atoms with van der Waals surface area (Å²) in [7, 11) is 5.13. The van der Waals surface area contributed by atoms with Crippen LogP contribution < -0.4 is 26.0 Å². The van der Waals surface area contributed by atoms with E-state index in [0.29, 0.717) is 40.7 Å². The largest absolute Gasteiger partial charge is 0.503 e. The molecule has 2 heterocycles. The third-order valence-electron chi connectivity index (χ3n) is 7.12. The molecule has 8 nitrogen and oxygen atoms in total. The van der Waals surface area contributed by atoms with Gasteiger partial charge in [-0.15, -0.1) is 11.3 Å². The Balaban J connectivity index is 0.000000298. The lowest BCUT2D eigenvalue weighted by Gasteiger charge is -2.21. The van der Waals surface area contributed by atoms with Crippen molar-refractivity contribution < 1.29 is 23.8 Å². The Labute approximate surface area is 235 Å². The summed E-state index contributed by atoms with van der Waals surface area (Å²) in [6.07, 6.45) is 2.59. The number of ether oxygens (including phenoxy) is 3. The number of aryl methyl sites for hydroxylation is 1. The zero-order valence-electron chi connectivity index (χ0n) is 23.9. The lowest BCUT2D eigenvalue weighted by molar-refractivity contribution is 0.100. The van der Waals surface area contributed by atoms with Gasteiger partial charge in [-0.05, 0) is 54.8 Å². The summed E-state index contributed by atoms with van der Waals surface area (Å²) in [6, 6.07) is 6.74. The molecule has 0 saturated heterocycles. The highest BCUT2D eigenvalue weighted by Gasteiger charge is 2.24. The Morgan fingerprint density at radius 2 is 1.95 bits per heavy atom. The van der Waals surface area contributed by atoms with Crippen LogP contribution in [0.4, 0.5) is 5.69 Å². The molecule has 1 aliphatic heterocycles. The number of hydrogen-bond donors (Lipinski definition) is 2. The first-order valence-electron chi connectivity index (χ1n) is 13.3. The van der Waals surface area contributed by atoms with Gasteiger partial charge in [-0.1, -0.05) is 34.1 Å². The predicted octanol–water partition coefficient (Wildman–Crippen LogP) is 4.99. The monoisotopic (exact) mass is 552 g/mol. The number of nitrogens with zero attached hydrogens (tertiary/aromatic N) is 1. The van der Waals surface area contributed by atoms with Crippen LogP contribution in [0.2, 0.25) is 0 Å². The number of anilines is 1. The second kappa shape index (κ2) is 13.8. The van der Waals surface area contributed by atoms with Gasteiger partial charge in [0.2, 0.25) is 7.28 Å². The Bertz CT molecular complexity index is 1310. The summed E-state index contributed by atoms with van der Waals surface area (Å²) in [6.45, 7) is 12.4. The van der Waals surface area contributed by atoms with Crippen LogP contribution in [-0.4, -0.2) is 51.4 Å². The average molecular weight is 553 g/mol. The third-order valence-corrected chi connectivity index (χ3v) is 8.12. The maximum atomic E-state index is 13.1. The van der Waals surface area contributed by atoms with E-state index in [1.54, 1.807) is 25.3 Å². The summed E-state index contributed by atoms with van der Waals surface area (Å²) >= 11 is 1.40. The molecule has 39 heavy (non-hydrogen) atoms. The van der Waals surface area contributed by atoms with Crippen molar-refractivity contribution >= 4 is 51.8 Å². The maximum Gasteiger partial charge on any atom is 0.260 e. The summed E-state index contributed by atoms with van der Waals surface area (Å²) in [5.41, 5.74) is 7.86. The van der Waals surface area contributed by atoms with Gasteiger partial charge in [0.05, 0.1) is 40.1 Å².